The van der Waals surface area contributed by atoms with Crippen molar-refractivity contribution in [1.82, 2.24) is 34.9 Å². The Balaban J connectivity index is 1.51. The van der Waals surface area contributed by atoms with E-state index in [1.807, 2.05) is 25.7 Å². The summed E-state index contributed by atoms with van der Waals surface area (Å²) in [7, 11) is 3.99. The fraction of sp³-hybridized carbons (Fsp3) is 0.417. The van der Waals surface area contributed by atoms with Crippen LogP contribution in [-0.2, 0) is 6.54 Å². The summed E-state index contributed by atoms with van der Waals surface area (Å²) in [5.41, 5.74) is 2.21. The standard InChI is InChI=1S/C24H27F2N7O3/c1-24(7-8-24)30-23(34)36-18-13-28-21-20(18)29-16(12-27-21)19-15-11-14(35-22(25)26)5-6-17(15)33(31-19)10-4-9-32(2)3/h5-6,11-13,22H,4,7-10H2,1-3H3,(H,27,28)(H,30,34). The number of H-pyrrole nitrogens is 1. The van der Waals surface area contributed by atoms with Gasteiger partial charge in [-0.3, -0.25) is 4.68 Å². The van der Waals surface area contributed by atoms with Crippen LogP contribution in [0.3, 0.4) is 0 Å². The smallest absolute Gasteiger partial charge is 0.413 e. The number of hydrogen-bond donors (Lipinski definition) is 2. The average Bonchev–Trinajstić information content (AvgIpc) is 3.24. The van der Waals surface area contributed by atoms with Gasteiger partial charge in [0.2, 0.25) is 0 Å². The van der Waals surface area contributed by atoms with Gasteiger partial charge in [-0.25, -0.2) is 14.8 Å². The fourth-order valence-corrected chi connectivity index (χ4v) is 3.98. The second-order valence-electron chi connectivity index (χ2n) is 9.47. The highest BCUT2D eigenvalue weighted by Gasteiger charge is 2.39. The number of halogens is 2. The van der Waals surface area contributed by atoms with Crippen LogP contribution in [-0.4, -0.2) is 68.5 Å². The summed E-state index contributed by atoms with van der Waals surface area (Å²) < 4.78 is 37.7. The molecule has 1 amide bonds. The lowest BCUT2D eigenvalue weighted by atomic mass is 10.1. The maximum Gasteiger partial charge on any atom is 0.413 e. The molecule has 12 heteroatoms. The van der Waals surface area contributed by atoms with Gasteiger partial charge in [0.05, 0.1) is 11.7 Å². The van der Waals surface area contributed by atoms with Crippen LogP contribution in [0.4, 0.5) is 13.6 Å². The number of alkyl halides is 2. The third-order valence-electron chi connectivity index (χ3n) is 6.12. The van der Waals surface area contributed by atoms with Crippen molar-refractivity contribution in [3.8, 4) is 22.9 Å². The molecular weight excluding hydrogens is 472 g/mol. The van der Waals surface area contributed by atoms with E-state index in [4.69, 9.17) is 9.84 Å². The molecule has 1 aromatic carbocycles. The molecule has 1 fully saturated rings. The SMILES string of the molecule is CN(C)CCCn1nc(-c2cnc3[nH]cc(OC(=O)NC4(C)CC4)c3n2)c2cc(OC(F)F)ccc21. The van der Waals surface area contributed by atoms with E-state index in [-0.39, 0.29) is 17.0 Å². The van der Waals surface area contributed by atoms with Gasteiger partial charge in [-0.05, 0) is 65.0 Å². The highest BCUT2D eigenvalue weighted by molar-refractivity contribution is 5.94. The Kier molecular flexibility index (Phi) is 6.20. The van der Waals surface area contributed by atoms with Crippen molar-refractivity contribution in [2.24, 2.45) is 0 Å². The number of carbonyl (C=O) groups is 1. The van der Waals surface area contributed by atoms with E-state index < -0.39 is 12.7 Å². The number of fused-ring (bicyclic) bond motifs is 2. The minimum Gasteiger partial charge on any atom is -0.435 e. The molecule has 3 heterocycles. The van der Waals surface area contributed by atoms with E-state index in [0.717, 1.165) is 31.3 Å². The van der Waals surface area contributed by atoms with Crippen molar-refractivity contribution in [1.29, 1.82) is 0 Å². The van der Waals surface area contributed by atoms with Crippen LogP contribution in [0.2, 0.25) is 0 Å². The van der Waals surface area contributed by atoms with Crippen LogP contribution < -0.4 is 14.8 Å². The molecule has 1 aliphatic carbocycles. The van der Waals surface area contributed by atoms with Crippen LogP contribution in [0.5, 0.6) is 11.5 Å². The lowest BCUT2D eigenvalue weighted by molar-refractivity contribution is -0.0497. The Labute approximate surface area is 205 Å². The van der Waals surface area contributed by atoms with E-state index in [9.17, 15) is 13.6 Å². The first-order valence-electron chi connectivity index (χ1n) is 11.7. The quantitative estimate of drug-likeness (QED) is 0.356. The summed E-state index contributed by atoms with van der Waals surface area (Å²) in [4.78, 5) is 26.4. The lowest BCUT2D eigenvalue weighted by Crippen LogP contribution is -2.36. The molecule has 0 aliphatic heterocycles. The number of rotatable bonds is 9. The summed E-state index contributed by atoms with van der Waals surface area (Å²) in [6, 6.07) is 4.73. The Morgan fingerprint density at radius 2 is 2.14 bits per heavy atom. The molecule has 36 heavy (non-hydrogen) atoms. The van der Waals surface area contributed by atoms with Gasteiger partial charge in [0, 0.05) is 23.7 Å². The Morgan fingerprint density at radius 3 is 2.86 bits per heavy atom. The highest BCUT2D eigenvalue weighted by atomic mass is 19.3. The van der Waals surface area contributed by atoms with Crippen LogP contribution in [0.15, 0.2) is 30.6 Å². The van der Waals surface area contributed by atoms with Crippen molar-refractivity contribution in [2.75, 3.05) is 20.6 Å². The molecule has 0 atom stereocenters. The minimum atomic E-state index is -2.94. The number of aromatic amines is 1. The summed E-state index contributed by atoms with van der Waals surface area (Å²) in [5.74, 6) is 0.258. The summed E-state index contributed by atoms with van der Waals surface area (Å²) >= 11 is 0. The molecule has 0 saturated heterocycles. The third kappa shape index (κ3) is 5.08. The number of nitrogens with zero attached hydrogens (tertiary/aromatic N) is 5. The maximum atomic E-state index is 12.9. The highest BCUT2D eigenvalue weighted by Crippen LogP contribution is 2.35. The van der Waals surface area contributed by atoms with Crippen molar-refractivity contribution in [2.45, 2.75) is 44.9 Å². The van der Waals surface area contributed by atoms with Gasteiger partial charge >= 0.3 is 12.7 Å². The van der Waals surface area contributed by atoms with Crippen molar-refractivity contribution < 1.29 is 23.0 Å². The number of aromatic nitrogens is 5. The van der Waals surface area contributed by atoms with Gasteiger partial charge in [-0.15, -0.1) is 0 Å². The first-order chi connectivity index (χ1) is 17.2. The Hall–Kier alpha value is -3.80. The molecule has 190 valence electrons. The van der Waals surface area contributed by atoms with Gasteiger partial charge in [-0.1, -0.05) is 0 Å². The summed E-state index contributed by atoms with van der Waals surface area (Å²) in [6.45, 7) is 0.491. The van der Waals surface area contributed by atoms with Gasteiger partial charge in [0.25, 0.3) is 0 Å². The largest absolute Gasteiger partial charge is 0.435 e. The zero-order valence-corrected chi connectivity index (χ0v) is 20.2. The normalized spacial score (nSPS) is 14.6. The number of carbonyl (C=O) groups excluding carboxylic acids is 1. The molecule has 1 aliphatic rings. The third-order valence-corrected chi connectivity index (χ3v) is 6.12. The van der Waals surface area contributed by atoms with Crippen LogP contribution >= 0.6 is 0 Å². The topological polar surface area (TPSA) is 110 Å². The molecule has 0 radical (unpaired) electrons. The van der Waals surface area contributed by atoms with Crippen molar-refractivity contribution in [3.05, 3.63) is 30.6 Å². The molecule has 0 spiro atoms. The zero-order chi connectivity index (χ0) is 25.4. The lowest BCUT2D eigenvalue weighted by Gasteiger charge is -2.10. The minimum absolute atomic E-state index is 0.0246. The van der Waals surface area contributed by atoms with Gasteiger partial charge < -0.3 is 24.7 Å². The first-order valence-corrected chi connectivity index (χ1v) is 11.7. The Morgan fingerprint density at radius 1 is 1.33 bits per heavy atom. The van der Waals surface area contributed by atoms with Crippen LogP contribution in [0.25, 0.3) is 33.5 Å². The summed E-state index contributed by atoms with van der Waals surface area (Å²) in [5, 5.41) is 8.18. The fourth-order valence-electron chi connectivity index (χ4n) is 3.98. The number of aryl methyl sites for hydroxylation is 1. The van der Waals surface area contributed by atoms with E-state index in [2.05, 4.69) is 29.9 Å². The summed E-state index contributed by atoms with van der Waals surface area (Å²) in [6.07, 6.45) is 5.15. The van der Waals surface area contributed by atoms with E-state index in [0.29, 0.717) is 34.5 Å². The number of nitrogens with one attached hydrogen (secondary N) is 2. The second-order valence-corrected chi connectivity index (χ2v) is 9.47. The molecule has 4 aromatic rings. The molecule has 1 saturated carbocycles. The van der Waals surface area contributed by atoms with Gasteiger partial charge in [0.1, 0.15) is 17.1 Å². The van der Waals surface area contributed by atoms with Crippen molar-refractivity contribution >= 4 is 28.2 Å². The van der Waals surface area contributed by atoms with Gasteiger partial charge in [0.15, 0.2) is 16.9 Å². The monoisotopic (exact) mass is 499 g/mol. The number of benzene rings is 1. The van der Waals surface area contributed by atoms with E-state index >= 15 is 0 Å². The van der Waals surface area contributed by atoms with Crippen molar-refractivity contribution in [3.63, 3.8) is 0 Å². The van der Waals surface area contributed by atoms with Crippen LogP contribution in [0, 0.1) is 0 Å². The number of hydrogen-bond acceptors (Lipinski definition) is 7. The molecule has 10 nitrogen and oxygen atoms in total. The molecule has 3 aromatic heterocycles. The number of ether oxygens (including phenoxy) is 2. The molecule has 2 N–H and O–H groups in total. The number of amides is 1. The predicted octanol–water partition coefficient (Wildman–Crippen LogP) is 4.17. The predicted molar refractivity (Wildman–Crippen MR) is 129 cm³/mol. The van der Waals surface area contributed by atoms with E-state index in [1.54, 1.807) is 12.3 Å². The van der Waals surface area contributed by atoms with Gasteiger partial charge in [-0.2, -0.15) is 13.9 Å². The molecule has 5 rings (SSSR count). The molecular formula is C24H27F2N7O3. The van der Waals surface area contributed by atoms with Crippen LogP contribution in [0.1, 0.15) is 26.2 Å². The molecule has 0 unspecified atom stereocenters. The first kappa shape index (κ1) is 23.9. The second kappa shape index (κ2) is 9.34. The Bertz CT molecular complexity index is 1410. The van der Waals surface area contributed by atoms with E-state index in [1.165, 1.54) is 18.3 Å². The zero-order valence-electron chi connectivity index (χ0n) is 20.2. The maximum absolute atomic E-state index is 12.9. The average molecular weight is 500 g/mol. The molecule has 0 bridgehead atoms.